The molecule has 0 radical (unpaired) electrons. The maximum atomic E-state index is 12.6. The molecule has 33 heavy (non-hydrogen) atoms. The summed E-state index contributed by atoms with van der Waals surface area (Å²) in [6.45, 7) is 5.60. The van der Waals surface area contributed by atoms with Gasteiger partial charge in [0, 0.05) is 25.7 Å². The quantitative estimate of drug-likeness (QED) is 0.552. The smallest absolute Gasteiger partial charge is 0.323 e. The Morgan fingerprint density at radius 1 is 1.18 bits per heavy atom. The third-order valence-electron chi connectivity index (χ3n) is 5.81. The molecule has 3 aromatic rings. The van der Waals surface area contributed by atoms with Crippen molar-refractivity contribution in [1.29, 1.82) is 0 Å². The predicted octanol–water partition coefficient (Wildman–Crippen LogP) is 5.44. The molecule has 4 rings (SSSR count). The molecular weight excluding hydrogens is 412 g/mol. The van der Waals surface area contributed by atoms with Crippen LogP contribution in [0.1, 0.15) is 31.4 Å². The van der Waals surface area contributed by atoms with E-state index in [0.29, 0.717) is 18.9 Å². The Balaban J connectivity index is 1.35. The van der Waals surface area contributed by atoms with Gasteiger partial charge in [-0.25, -0.2) is 4.79 Å². The zero-order valence-electron chi connectivity index (χ0n) is 19.1. The highest BCUT2D eigenvalue weighted by atomic mass is 16.5. The topological polar surface area (TPSA) is 67.3 Å². The number of urea groups is 1. The standard InChI is InChI=1S/C27H30N4O2/c1-20-19-31(27(32)29-26-12-7-14-28-30-26)15-13-24(20)17-23-10-6-11-25(18-23)33-21(2)16-22-8-4-3-5-9-22/h3-12,14,17-18,20-21H,13,15-16,19H2,1-2H3,(H,29,30,32). The molecule has 1 N–H and O–H groups in total. The van der Waals surface area contributed by atoms with E-state index in [4.69, 9.17) is 4.74 Å². The molecule has 2 aromatic carbocycles. The second-order valence-electron chi connectivity index (χ2n) is 8.55. The number of aromatic nitrogens is 2. The number of nitrogens with zero attached hydrogens (tertiary/aromatic N) is 3. The minimum atomic E-state index is -0.135. The molecule has 0 spiro atoms. The normalized spacial score (nSPS) is 18.1. The molecule has 1 saturated heterocycles. The number of amides is 2. The van der Waals surface area contributed by atoms with Crippen molar-refractivity contribution >= 4 is 17.9 Å². The zero-order chi connectivity index (χ0) is 23.0. The highest BCUT2D eigenvalue weighted by Crippen LogP contribution is 2.27. The second-order valence-corrected chi connectivity index (χ2v) is 8.55. The van der Waals surface area contributed by atoms with E-state index in [1.165, 1.54) is 11.1 Å². The van der Waals surface area contributed by atoms with Crippen LogP contribution in [0.2, 0.25) is 0 Å². The summed E-state index contributed by atoms with van der Waals surface area (Å²) in [7, 11) is 0. The van der Waals surface area contributed by atoms with Crippen molar-refractivity contribution < 1.29 is 9.53 Å². The zero-order valence-corrected chi connectivity index (χ0v) is 19.1. The molecule has 0 saturated carbocycles. The molecule has 2 atom stereocenters. The summed E-state index contributed by atoms with van der Waals surface area (Å²) in [6, 6.07) is 22.0. The number of hydrogen-bond acceptors (Lipinski definition) is 4. The van der Waals surface area contributed by atoms with Gasteiger partial charge in [0.1, 0.15) is 5.75 Å². The summed E-state index contributed by atoms with van der Waals surface area (Å²) in [5.74, 6) is 1.61. The summed E-state index contributed by atoms with van der Waals surface area (Å²) >= 11 is 0. The number of likely N-dealkylation sites (tertiary alicyclic amines) is 1. The van der Waals surface area contributed by atoms with E-state index in [0.717, 1.165) is 24.2 Å². The third kappa shape index (κ3) is 6.42. The van der Waals surface area contributed by atoms with Gasteiger partial charge in [0.2, 0.25) is 0 Å². The van der Waals surface area contributed by atoms with Gasteiger partial charge in [-0.05, 0) is 54.7 Å². The fourth-order valence-electron chi connectivity index (χ4n) is 4.12. The first-order valence-electron chi connectivity index (χ1n) is 11.4. The SMILES string of the molecule is CC(Cc1ccccc1)Oc1cccc(C=C2CCN(C(=O)Nc3cccnn3)CC2C)c1. The molecule has 0 aliphatic carbocycles. The Morgan fingerprint density at radius 2 is 2.03 bits per heavy atom. The Kier molecular flexibility index (Phi) is 7.35. The van der Waals surface area contributed by atoms with Crippen LogP contribution in [-0.2, 0) is 6.42 Å². The summed E-state index contributed by atoms with van der Waals surface area (Å²) < 4.78 is 6.18. The van der Waals surface area contributed by atoms with Crippen molar-refractivity contribution in [3.8, 4) is 5.75 Å². The molecule has 0 bridgehead atoms. The molecule has 6 heteroatoms. The average molecular weight is 443 g/mol. The maximum absolute atomic E-state index is 12.6. The molecule has 2 amide bonds. The number of benzene rings is 2. The number of ether oxygens (including phenoxy) is 1. The molecule has 2 unspecified atom stereocenters. The number of anilines is 1. The largest absolute Gasteiger partial charge is 0.490 e. The molecule has 1 fully saturated rings. The summed E-state index contributed by atoms with van der Waals surface area (Å²) in [5.41, 5.74) is 3.74. The summed E-state index contributed by atoms with van der Waals surface area (Å²) in [4.78, 5) is 14.4. The minimum Gasteiger partial charge on any atom is -0.490 e. The number of rotatable bonds is 6. The highest BCUT2D eigenvalue weighted by molar-refractivity contribution is 5.88. The van der Waals surface area contributed by atoms with Gasteiger partial charge in [-0.1, -0.05) is 61.0 Å². The van der Waals surface area contributed by atoms with Crippen LogP contribution in [0.15, 0.2) is 78.5 Å². The van der Waals surface area contributed by atoms with Gasteiger partial charge in [0.25, 0.3) is 0 Å². The van der Waals surface area contributed by atoms with Crippen LogP contribution in [0.3, 0.4) is 0 Å². The first-order chi connectivity index (χ1) is 16.1. The Labute approximate surface area is 195 Å². The number of nitrogens with one attached hydrogen (secondary N) is 1. The first kappa shape index (κ1) is 22.5. The minimum absolute atomic E-state index is 0.0882. The van der Waals surface area contributed by atoms with Crippen LogP contribution >= 0.6 is 0 Å². The summed E-state index contributed by atoms with van der Waals surface area (Å²) in [6.07, 6.45) is 5.61. The number of piperidine rings is 1. The molecular formula is C27H30N4O2. The van der Waals surface area contributed by atoms with Gasteiger partial charge >= 0.3 is 6.03 Å². The van der Waals surface area contributed by atoms with Crippen molar-refractivity contribution in [2.24, 2.45) is 5.92 Å². The number of carbonyl (C=O) groups excluding carboxylic acids is 1. The molecule has 1 aliphatic rings. The van der Waals surface area contributed by atoms with E-state index in [9.17, 15) is 4.79 Å². The van der Waals surface area contributed by atoms with E-state index in [1.807, 2.05) is 23.1 Å². The Bertz CT molecular complexity index is 1090. The van der Waals surface area contributed by atoms with Crippen LogP contribution in [0.4, 0.5) is 10.6 Å². The van der Waals surface area contributed by atoms with Gasteiger partial charge in [0.05, 0.1) is 6.10 Å². The van der Waals surface area contributed by atoms with Crippen LogP contribution in [0.25, 0.3) is 6.08 Å². The fourth-order valence-corrected chi connectivity index (χ4v) is 4.12. The van der Waals surface area contributed by atoms with Crippen molar-refractivity contribution in [1.82, 2.24) is 15.1 Å². The van der Waals surface area contributed by atoms with Gasteiger partial charge in [-0.3, -0.25) is 5.32 Å². The third-order valence-corrected chi connectivity index (χ3v) is 5.81. The molecule has 170 valence electrons. The van der Waals surface area contributed by atoms with Gasteiger partial charge in [-0.15, -0.1) is 5.10 Å². The lowest BCUT2D eigenvalue weighted by molar-refractivity contribution is 0.197. The van der Waals surface area contributed by atoms with E-state index in [-0.39, 0.29) is 18.1 Å². The first-order valence-corrected chi connectivity index (χ1v) is 11.4. The van der Waals surface area contributed by atoms with Gasteiger partial charge in [-0.2, -0.15) is 5.10 Å². The van der Waals surface area contributed by atoms with Crippen molar-refractivity contribution in [3.63, 3.8) is 0 Å². The van der Waals surface area contributed by atoms with E-state index < -0.39 is 0 Å². The van der Waals surface area contributed by atoms with Crippen LogP contribution < -0.4 is 10.1 Å². The Morgan fingerprint density at radius 3 is 2.79 bits per heavy atom. The van der Waals surface area contributed by atoms with E-state index >= 15 is 0 Å². The van der Waals surface area contributed by atoms with Gasteiger partial charge < -0.3 is 9.64 Å². The van der Waals surface area contributed by atoms with Crippen LogP contribution in [0.5, 0.6) is 5.75 Å². The van der Waals surface area contributed by atoms with Crippen molar-refractivity contribution in [2.45, 2.75) is 32.8 Å². The van der Waals surface area contributed by atoms with Crippen molar-refractivity contribution in [3.05, 3.63) is 89.6 Å². The molecule has 1 aromatic heterocycles. The van der Waals surface area contributed by atoms with Gasteiger partial charge in [0.15, 0.2) is 5.82 Å². The monoisotopic (exact) mass is 442 g/mol. The summed E-state index contributed by atoms with van der Waals surface area (Å²) in [5, 5.41) is 10.5. The number of hydrogen-bond donors (Lipinski definition) is 1. The molecule has 1 aliphatic heterocycles. The lowest BCUT2D eigenvalue weighted by Crippen LogP contribution is -2.42. The lowest BCUT2D eigenvalue weighted by atomic mass is 9.91. The molecule has 2 heterocycles. The number of carbonyl (C=O) groups is 1. The van der Waals surface area contributed by atoms with E-state index in [2.05, 4.69) is 71.8 Å². The van der Waals surface area contributed by atoms with Crippen molar-refractivity contribution in [2.75, 3.05) is 18.4 Å². The Hall–Kier alpha value is -3.67. The molecule has 6 nitrogen and oxygen atoms in total. The predicted molar refractivity (Wildman–Crippen MR) is 131 cm³/mol. The van der Waals surface area contributed by atoms with Crippen LogP contribution in [-0.4, -0.2) is 40.3 Å². The van der Waals surface area contributed by atoms with E-state index in [1.54, 1.807) is 18.3 Å². The maximum Gasteiger partial charge on any atom is 0.323 e. The fraction of sp³-hybridized carbons (Fsp3) is 0.296. The van der Waals surface area contributed by atoms with Crippen LogP contribution in [0, 0.1) is 5.92 Å². The average Bonchev–Trinajstić information content (AvgIpc) is 2.82. The second kappa shape index (κ2) is 10.8. The lowest BCUT2D eigenvalue weighted by Gasteiger charge is -2.33. The highest BCUT2D eigenvalue weighted by Gasteiger charge is 2.24.